The maximum atomic E-state index is 11.5. The molecule has 0 aliphatic rings. The Morgan fingerprint density at radius 2 is 2.19 bits per heavy atom. The zero-order valence-corrected chi connectivity index (χ0v) is 11.4. The van der Waals surface area contributed by atoms with Crippen LogP contribution >= 0.6 is 11.8 Å². The number of nitrogens with one attached hydrogen (secondary N) is 2. The summed E-state index contributed by atoms with van der Waals surface area (Å²) in [7, 11) is 1.62. The number of amides is 1. The van der Waals surface area contributed by atoms with Crippen molar-refractivity contribution in [3.05, 3.63) is 0 Å². The molecule has 2 N–H and O–H groups in total. The average Bonchev–Trinajstić information content (AvgIpc) is 2.28. The molecular weight excluding hydrogens is 224 g/mol. The van der Waals surface area contributed by atoms with Crippen molar-refractivity contribution >= 4 is 17.7 Å². The van der Waals surface area contributed by atoms with Crippen LogP contribution in [0.5, 0.6) is 0 Å². The van der Waals surface area contributed by atoms with Crippen molar-refractivity contribution in [2.75, 3.05) is 38.3 Å². The van der Waals surface area contributed by atoms with Gasteiger partial charge in [-0.25, -0.2) is 0 Å². The second kappa shape index (κ2) is 11.2. The zero-order valence-electron chi connectivity index (χ0n) is 10.5. The maximum Gasteiger partial charge on any atom is 0.236 e. The first-order valence-corrected chi connectivity index (χ1v) is 6.95. The van der Waals surface area contributed by atoms with Gasteiger partial charge in [-0.1, -0.05) is 6.92 Å². The number of thioether (sulfide) groups is 1. The molecule has 0 bridgehead atoms. The van der Waals surface area contributed by atoms with Crippen molar-refractivity contribution in [3.63, 3.8) is 0 Å². The van der Waals surface area contributed by atoms with Gasteiger partial charge >= 0.3 is 0 Å². The highest BCUT2D eigenvalue weighted by Gasteiger charge is 2.10. The normalized spacial score (nSPS) is 12.4. The van der Waals surface area contributed by atoms with Gasteiger partial charge in [0.15, 0.2) is 0 Å². The molecule has 96 valence electrons. The van der Waals surface area contributed by atoms with Gasteiger partial charge in [-0.3, -0.25) is 4.79 Å². The van der Waals surface area contributed by atoms with E-state index in [-0.39, 0.29) is 11.9 Å². The number of methoxy groups -OCH3 is 1. The van der Waals surface area contributed by atoms with Crippen molar-refractivity contribution in [2.24, 2.45) is 0 Å². The molecule has 0 aliphatic carbocycles. The van der Waals surface area contributed by atoms with Gasteiger partial charge in [-0.15, -0.1) is 0 Å². The number of rotatable bonds is 10. The molecule has 0 saturated heterocycles. The molecule has 5 heteroatoms. The Morgan fingerprint density at radius 3 is 2.81 bits per heavy atom. The third kappa shape index (κ3) is 9.00. The predicted molar refractivity (Wildman–Crippen MR) is 70.0 cm³/mol. The van der Waals surface area contributed by atoms with E-state index in [1.807, 2.05) is 18.7 Å². The van der Waals surface area contributed by atoms with Gasteiger partial charge in [0.25, 0.3) is 0 Å². The van der Waals surface area contributed by atoms with Crippen molar-refractivity contribution in [2.45, 2.75) is 26.3 Å². The monoisotopic (exact) mass is 248 g/mol. The molecule has 16 heavy (non-hydrogen) atoms. The van der Waals surface area contributed by atoms with E-state index in [9.17, 15) is 4.79 Å². The average molecular weight is 248 g/mol. The summed E-state index contributed by atoms with van der Waals surface area (Å²) in [4.78, 5) is 11.5. The quantitative estimate of drug-likeness (QED) is 0.563. The molecule has 1 atom stereocenters. The summed E-state index contributed by atoms with van der Waals surface area (Å²) in [5.74, 6) is 2.36. The van der Waals surface area contributed by atoms with Crippen LogP contribution in [-0.4, -0.2) is 50.3 Å². The largest absolute Gasteiger partial charge is 0.383 e. The van der Waals surface area contributed by atoms with Crippen LogP contribution in [0.1, 0.15) is 20.3 Å². The summed E-state index contributed by atoms with van der Waals surface area (Å²) in [6.07, 6.45) is 1.11. The molecule has 0 fully saturated rings. The molecule has 0 rings (SSSR count). The summed E-state index contributed by atoms with van der Waals surface area (Å²) in [5.41, 5.74) is 0. The van der Waals surface area contributed by atoms with Gasteiger partial charge in [-0.05, 0) is 31.4 Å². The first-order chi connectivity index (χ1) is 7.72. The Hall–Kier alpha value is -0.260. The minimum Gasteiger partial charge on any atom is -0.383 e. The highest BCUT2D eigenvalue weighted by atomic mass is 32.2. The third-order valence-electron chi connectivity index (χ3n) is 2.12. The van der Waals surface area contributed by atoms with Crippen molar-refractivity contribution < 1.29 is 9.53 Å². The number of carbonyl (C=O) groups excluding carboxylic acids is 1. The van der Waals surface area contributed by atoms with E-state index in [0.717, 1.165) is 24.5 Å². The second-order valence-corrected chi connectivity index (χ2v) is 4.90. The third-order valence-corrected chi connectivity index (χ3v) is 3.10. The Balaban J connectivity index is 3.40. The lowest BCUT2D eigenvalue weighted by Crippen LogP contribution is -2.43. The predicted octanol–water partition coefficient (Wildman–Crippen LogP) is 0.870. The lowest BCUT2D eigenvalue weighted by Gasteiger charge is -2.13. The van der Waals surface area contributed by atoms with Crippen molar-refractivity contribution in [1.82, 2.24) is 10.6 Å². The van der Waals surface area contributed by atoms with E-state index in [0.29, 0.717) is 13.2 Å². The van der Waals surface area contributed by atoms with Crippen LogP contribution in [0.2, 0.25) is 0 Å². The van der Waals surface area contributed by atoms with Crippen LogP contribution in [0.25, 0.3) is 0 Å². The summed E-state index contributed by atoms with van der Waals surface area (Å²) < 4.78 is 4.86. The van der Waals surface area contributed by atoms with Crippen LogP contribution in [0.15, 0.2) is 0 Å². The highest BCUT2D eigenvalue weighted by Crippen LogP contribution is 1.99. The minimum atomic E-state index is -0.122. The topological polar surface area (TPSA) is 50.4 Å². The first kappa shape index (κ1) is 15.7. The molecule has 0 aromatic carbocycles. The molecule has 0 aromatic heterocycles. The number of carbonyl (C=O) groups is 1. The molecule has 0 saturated carbocycles. The van der Waals surface area contributed by atoms with E-state index < -0.39 is 0 Å². The lowest BCUT2D eigenvalue weighted by molar-refractivity contribution is -0.122. The van der Waals surface area contributed by atoms with E-state index in [2.05, 4.69) is 17.6 Å². The highest BCUT2D eigenvalue weighted by molar-refractivity contribution is 7.99. The fourth-order valence-electron chi connectivity index (χ4n) is 1.16. The Bertz CT molecular complexity index is 179. The lowest BCUT2D eigenvalue weighted by atomic mass is 10.3. The Morgan fingerprint density at radius 1 is 1.44 bits per heavy atom. The second-order valence-electron chi connectivity index (χ2n) is 3.51. The van der Waals surface area contributed by atoms with E-state index in [1.54, 1.807) is 7.11 Å². The molecule has 0 heterocycles. The zero-order chi connectivity index (χ0) is 12.2. The van der Waals surface area contributed by atoms with Gasteiger partial charge in [0.1, 0.15) is 0 Å². The fraction of sp³-hybridized carbons (Fsp3) is 0.909. The van der Waals surface area contributed by atoms with Gasteiger partial charge < -0.3 is 15.4 Å². The van der Waals surface area contributed by atoms with Crippen LogP contribution in [0.3, 0.4) is 0 Å². The summed E-state index contributed by atoms with van der Waals surface area (Å²) in [5, 5.41) is 6.01. The molecular formula is C11H24N2O2S. The van der Waals surface area contributed by atoms with Gasteiger partial charge in [-0.2, -0.15) is 11.8 Å². The standard InChI is InChI=1S/C11H24N2O2S/c1-4-16-9-5-6-12-10(2)11(14)13-7-8-15-3/h10,12H,4-9H2,1-3H3,(H,13,14). The van der Waals surface area contributed by atoms with Gasteiger partial charge in [0.05, 0.1) is 12.6 Å². The van der Waals surface area contributed by atoms with E-state index in [1.165, 1.54) is 0 Å². The Kier molecular flexibility index (Phi) is 11.0. The van der Waals surface area contributed by atoms with Crippen molar-refractivity contribution in [1.29, 1.82) is 0 Å². The molecule has 0 radical (unpaired) electrons. The van der Waals surface area contributed by atoms with Crippen LogP contribution in [0.4, 0.5) is 0 Å². The first-order valence-electron chi connectivity index (χ1n) is 5.80. The maximum absolute atomic E-state index is 11.5. The molecule has 0 aromatic rings. The van der Waals surface area contributed by atoms with Gasteiger partial charge in [0, 0.05) is 13.7 Å². The summed E-state index contributed by atoms with van der Waals surface area (Å²) >= 11 is 1.93. The van der Waals surface area contributed by atoms with E-state index in [4.69, 9.17) is 4.74 Å². The van der Waals surface area contributed by atoms with Crippen molar-refractivity contribution in [3.8, 4) is 0 Å². The van der Waals surface area contributed by atoms with Crippen LogP contribution in [0, 0.1) is 0 Å². The number of hydrogen-bond acceptors (Lipinski definition) is 4. The number of ether oxygens (including phenoxy) is 1. The van der Waals surface area contributed by atoms with Gasteiger partial charge in [0.2, 0.25) is 5.91 Å². The molecule has 1 unspecified atom stereocenters. The summed E-state index contributed by atoms with van der Waals surface area (Å²) in [6.45, 7) is 6.07. The van der Waals surface area contributed by atoms with Crippen LogP contribution < -0.4 is 10.6 Å². The SMILES string of the molecule is CCSCCCNC(C)C(=O)NCCOC. The summed E-state index contributed by atoms with van der Waals surface area (Å²) in [6, 6.07) is -0.122. The molecule has 4 nitrogen and oxygen atoms in total. The number of hydrogen-bond donors (Lipinski definition) is 2. The van der Waals surface area contributed by atoms with Crippen LogP contribution in [-0.2, 0) is 9.53 Å². The molecule has 1 amide bonds. The molecule has 0 spiro atoms. The Labute approximate surface area is 103 Å². The molecule has 0 aliphatic heterocycles. The smallest absolute Gasteiger partial charge is 0.236 e. The van der Waals surface area contributed by atoms with E-state index >= 15 is 0 Å². The minimum absolute atomic E-state index is 0.0418. The fourth-order valence-corrected chi connectivity index (χ4v) is 1.80.